The number of aromatic nitrogens is 3. The predicted molar refractivity (Wildman–Crippen MR) is 100 cm³/mol. The van der Waals surface area contributed by atoms with Crippen LogP contribution in [0.25, 0.3) is 0 Å². The highest BCUT2D eigenvalue weighted by Crippen LogP contribution is 2.35. The first-order valence-corrected chi connectivity index (χ1v) is 9.34. The molecule has 1 spiro atoms. The lowest BCUT2D eigenvalue weighted by Crippen LogP contribution is -2.59. The molecule has 9 heteroatoms. The molecule has 4 rings (SSSR count). The van der Waals surface area contributed by atoms with E-state index in [-0.39, 0.29) is 11.8 Å². The van der Waals surface area contributed by atoms with Gasteiger partial charge in [-0.25, -0.2) is 9.99 Å². The van der Waals surface area contributed by atoms with Crippen molar-refractivity contribution in [1.82, 2.24) is 30.1 Å². The molecule has 2 aromatic rings. The SMILES string of the molecule is COc1ccc(C(=O)N2NC(=O)CC23CCCN(Cc2ncnn2C)C3)cc1. The first-order chi connectivity index (χ1) is 13.5. The molecule has 0 aliphatic carbocycles. The van der Waals surface area contributed by atoms with Crippen LogP contribution in [0.5, 0.6) is 5.75 Å². The molecule has 2 aliphatic rings. The molecule has 9 nitrogen and oxygen atoms in total. The summed E-state index contributed by atoms with van der Waals surface area (Å²) in [6.45, 7) is 2.14. The number of benzene rings is 1. The van der Waals surface area contributed by atoms with Gasteiger partial charge in [0.2, 0.25) is 5.91 Å². The van der Waals surface area contributed by atoms with Gasteiger partial charge in [-0.2, -0.15) is 5.10 Å². The lowest BCUT2D eigenvalue weighted by atomic mass is 9.85. The standard InChI is InChI=1S/C19H24N6O3/c1-23-16(20-13-21-23)11-24-9-3-8-19(12-24)10-17(26)22-25(19)18(27)14-4-6-15(28-2)7-5-14/h4-7,13H,3,8-12H2,1-2H3,(H,22,26). The van der Waals surface area contributed by atoms with E-state index in [0.717, 1.165) is 25.2 Å². The molecule has 1 unspecified atom stereocenters. The molecule has 1 aromatic carbocycles. The summed E-state index contributed by atoms with van der Waals surface area (Å²) in [5.74, 6) is 1.22. The minimum atomic E-state index is -0.551. The Labute approximate surface area is 163 Å². The Bertz CT molecular complexity index is 880. The monoisotopic (exact) mass is 384 g/mol. The second kappa shape index (κ2) is 7.23. The van der Waals surface area contributed by atoms with Gasteiger partial charge in [0, 0.05) is 19.2 Å². The van der Waals surface area contributed by atoms with Gasteiger partial charge < -0.3 is 4.74 Å². The van der Waals surface area contributed by atoms with Crippen LogP contribution in [0.1, 0.15) is 35.4 Å². The molecule has 2 amide bonds. The summed E-state index contributed by atoms with van der Waals surface area (Å²) in [7, 11) is 3.45. The zero-order valence-electron chi connectivity index (χ0n) is 16.1. The van der Waals surface area contributed by atoms with Crippen LogP contribution in [0.3, 0.4) is 0 Å². The van der Waals surface area contributed by atoms with Gasteiger partial charge in [-0.3, -0.25) is 24.6 Å². The largest absolute Gasteiger partial charge is 0.497 e. The minimum absolute atomic E-state index is 0.123. The van der Waals surface area contributed by atoms with Crippen molar-refractivity contribution < 1.29 is 14.3 Å². The van der Waals surface area contributed by atoms with Gasteiger partial charge in [-0.15, -0.1) is 0 Å². The summed E-state index contributed by atoms with van der Waals surface area (Å²) in [5.41, 5.74) is 2.76. The smallest absolute Gasteiger partial charge is 0.272 e. The average Bonchev–Trinajstić information content (AvgIpc) is 3.24. The molecule has 0 saturated carbocycles. The highest BCUT2D eigenvalue weighted by molar-refractivity contribution is 5.98. The van der Waals surface area contributed by atoms with Gasteiger partial charge in [-0.05, 0) is 43.7 Å². The molecule has 3 heterocycles. The number of amides is 2. The van der Waals surface area contributed by atoms with Crippen LogP contribution in [-0.2, 0) is 18.4 Å². The van der Waals surface area contributed by atoms with E-state index < -0.39 is 5.54 Å². The Morgan fingerprint density at radius 3 is 2.79 bits per heavy atom. The third-order valence-corrected chi connectivity index (χ3v) is 5.55. The van der Waals surface area contributed by atoms with E-state index in [1.165, 1.54) is 6.33 Å². The average molecular weight is 384 g/mol. The second-order valence-electron chi connectivity index (χ2n) is 7.42. The van der Waals surface area contributed by atoms with Gasteiger partial charge in [0.25, 0.3) is 5.91 Å². The number of hydrogen-bond donors (Lipinski definition) is 1. The summed E-state index contributed by atoms with van der Waals surface area (Å²) in [5, 5.41) is 5.66. The van der Waals surface area contributed by atoms with Crippen LogP contribution in [0, 0.1) is 0 Å². The number of rotatable bonds is 4. The van der Waals surface area contributed by atoms with Crippen LogP contribution < -0.4 is 10.2 Å². The van der Waals surface area contributed by atoms with E-state index >= 15 is 0 Å². The molecular weight excluding hydrogens is 360 g/mol. The van der Waals surface area contributed by atoms with Crippen molar-refractivity contribution in [2.75, 3.05) is 20.2 Å². The number of aryl methyl sites for hydroxylation is 1. The molecule has 0 radical (unpaired) electrons. The van der Waals surface area contributed by atoms with E-state index in [1.54, 1.807) is 41.1 Å². The zero-order valence-corrected chi connectivity index (χ0v) is 16.1. The maximum absolute atomic E-state index is 13.2. The summed E-state index contributed by atoms with van der Waals surface area (Å²) < 4.78 is 6.91. The zero-order chi connectivity index (χ0) is 19.7. The maximum atomic E-state index is 13.2. The quantitative estimate of drug-likeness (QED) is 0.836. The Morgan fingerprint density at radius 1 is 1.32 bits per heavy atom. The van der Waals surface area contributed by atoms with Crippen LogP contribution in [-0.4, -0.2) is 62.2 Å². The van der Waals surface area contributed by atoms with Crippen LogP contribution >= 0.6 is 0 Å². The number of nitrogens with zero attached hydrogens (tertiary/aromatic N) is 5. The highest BCUT2D eigenvalue weighted by Gasteiger charge is 2.50. The first-order valence-electron chi connectivity index (χ1n) is 9.34. The van der Waals surface area contributed by atoms with Gasteiger partial charge in [0.15, 0.2) is 0 Å². The molecule has 1 N–H and O–H groups in total. The number of likely N-dealkylation sites (tertiary alicyclic amines) is 1. The number of carbonyl (C=O) groups is 2. The summed E-state index contributed by atoms with van der Waals surface area (Å²) in [6, 6.07) is 6.94. The Kier molecular flexibility index (Phi) is 4.76. The molecule has 2 saturated heterocycles. The van der Waals surface area contributed by atoms with Crippen molar-refractivity contribution in [3.63, 3.8) is 0 Å². The number of piperidine rings is 1. The number of nitrogens with one attached hydrogen (secondary N) is 1. The number of ether oxygens (including phenoxy) is 1. The molecule has 28 heavy (non-hydrogen) atoms. The summed E-state index contributed by atoms with van der Waals surface area (Å²) >= 11 is 0. The normalized spacial score (nSPS) is 22.5. The molecule has 1 aromatic heterocycles. The van der Waals surface area contributed by atoms with Crippen molar-refractivity contribution in [2.24, 2.45) is 7.05 Å². The summed E-state index contributed by atoms with van der Waals surface area (Å²) in [4.78, 5) is 32.0. The molecule has 2 aliphatic heterocycles. The molecular formula is C19H24N6O3. The minimum Gasteiger partial charge on any atom is -0.497 e. The van der Waals surface area contributed by atoms with Crippen molar-refractivity contribution in [3.8, 4) is 5.75 Å². The number of carbonyl (C=O) groups excluding carboxylic acids is 2. The van der Waals surface area contributed by atoms with Crippen LogP contribution in [0.2, 0.25) is 0 Å². The van der Waals surface area contributed by atoms with Gasteiger partial charge in [0.1, 0.15) is 17.9 Å². The fraction of sp³-hybridized carbons (Fsp3) is 0.474. The Hall–Kier alpha value is -2.94. The lowest BCUT2D eigenvalue weighted by molar-refractivity contribution is -0.120. The lowest BCUT2D eigenvalue weighted by Gasteiger charge is -2.44. The third kappa shape index (κ3) is 3.33. The summed E-state index contributed by atoms with van der Waals surface area (Å²) in [6.07, 6.45) is 3.53. The number of methoxy groups -OCH3 is 1. The van der Waals surface area contributed by atoms with E-state index in [9.17, 15) is 9.59 Å². The predicted octanol–water partition coefficient (Wildman–Crippen LogP) is 0.736. The van der Waals surface area contributed by atoms with E-state index in [1.807, 2.05) is 7.05 Å². The van der Waals surface area contributed by atoms with Crippen LogP contribution in [0.15, 0.2) is 30.6 Å². The molecule has 2 fully saturated rings. The second-order valence-corrected chi connectivity index (χ2v) is 7.42. The van der Waals surface area contributed by atoms with E-state index in [0.29, 0.717) is 30.8 Å². The Morgan fingerprint density at radius 2 is 2.11 bits per heavy atom. The molecule has 1 atom stereocenters. The van der Waals surface area contributed by atoms with E-state index in [2.05, 4.69) is 20.4 Å². The highest BCUT2D eigenvalue weighted by atomic mass is 16.5. The molecule has 0 bridgehead atoms. The molecule has 148 valence electrons. The van der Waals surface area contributed by atoms with Crippen molar-refractivity contribution in [2.45, 2.75) is 31.3 Å². The van der Waals surface area contributed by atoms with Gasteiger partial charge in [-0.1, -0.05) is 0 Å². The van der Waals surface area contributed by atoms with Gasteiger partial charge >= 0.3 is 0 Å². The first kappa shape index (κ1) is 18.4. The van der Waals surface area contributed by atoms with Gasteiger partial charge in [0.05, 0.1) is 25.6 Å². The Balaban J connectivity index is 1.56. The number of hydrogen-bond acceptors (Lipinski definition) is 6. The fourth-order valence-electron chi connectivity index (χ4n) is 4.12. The maximum Gasteiger partial charge on any atom is 0.272 e. The van der Waals surface area contributed by atoms with E-state index in [4.69, 9.17) is 4.74 Å². The van der Waals surface area contributed by atoms with Crippen molar-refractivity contribution in [3.05, 3.63) is 42.0 Å². The van der Waals surface area contributed by atoms with Crippen LogP contribution in [0.4, 0.5) is 0 Å². The fourth-order valence-corrected chi connectivity index (χ4v) is 4.12. The topological polar surface area (TPSA) is 92.6 Å². The van der Waals surface area contributed by atoms with Crippen molar-refractivity contribution in [1.29, 1.82) is 0 Å². The third-order valence-electron chi connectivity index (χ3n) is 5.55. The van der Waals surface area contributed by atoms with Crippen molar-refractivity contribution >= 4 is 11.8 Å². The number of hydrazine groups is 1.